The molecule has 0 atom stereocenters. The molecule has 4 nitrogen and oxygen atoms in total. The lowest BCUT2D eigenvalue weighted by Crippen LogP contribution is -2.14. The Morgan fingerprint density at radius 2 is 1.85 bits per heavy atom. The number of hydrogen-bond donors (Lipinski definition) is 2. The Hall–Kier alpha value is -2.94. The summed E-state index contributed by atoms with van der Waals surface area (Å²) in [6.07, 6.45) is 0. The van der Waals surface area contributed by atoms with Crippen LogP contribution in [0.3, 0.4) is 0 Å². The van der Waals surface area contributed by atoms with Crippen LogP contribution in [0, 0.1) is 23.0 Å². The summed E-state index contributed by atoms with van der Waals surface area (Å²) >= 11 is 0. The quantitative estimate of drug-likeness (QED) is 0.825. The Kier molecular flexibility index (Phi) is 3.62. The third-order valence-corrected chi connectivity index (χ3v) is 2.60. The van der Waals surface area contributed by atoms with Crippen molar-refractivity contribution in [3.05, 3.63) is 59.2 Å². The van der Waals surface area contributed by atoms with E-state index < -0.39 is 17.5 Å². The number of benzene rings is 2. The number of halogens is 2. The molecule has 0 radical (unpaired) electrons. The number of nitrogens with zero attached hydrogens (tertiary/aromatic N) is 1. The van der Waals surface area contributed by atoms with Crippen LogP contribution in [0.1, 0.15) is 15.9 Å². The van der Waals surface area contributed by atoms with Gasteiger partial charge in [-0.2, -0.15) is 5.26 Å². The summed E-state index contributed by atoms with van der Waals surface area (Å²) < 4.78 is 26.4. The molecule has 0 spiro atoms. The van der Waals surface area contributed by atoms with Crippen LogP contribution >= 0.6 is 0 Å². The number of nitrogens with one attached hydrogen (secondary N) is 1. The van der Waals surface area contributed by atoms with E-state index in [1.54, 1.807) is 0 Å². The van der Waals surface area contributed by atoms with E-state index in [0.29, 0.717) is 11.6 Å². The molecule has 0 fully saturated rings. The average molecular weight is 273 g/mol. The van der Waals surface area contributed by atoms with Crippen molar-refractivity contribution < 1.29 is 13.6 Å². The highest BCUT2D eigenvalue weighted by Crippen LogP contribution is 2.24. The lowest BCUT2D eigenvalue weighted by atomic mass is 10.1. The minimum Gasteiger partial charge on any atom is -0.397 e. The van der Waals surface area contributed by atoms with Gasteiger partial charge in [-0.1, -0.05) is 0 Å². The molecule has 0 aliphatic rings. The maximum atomic E-state index is 13.5. The molecule has 20 heavy (non-hydrogen) atoms. The van der Waals surface area contributed by atoms with Crippen LogP contribution in [0.5, 0.6) is 0 Å². The van der Waals surface area contributed by atoms with E-state index in [9.17, 15) is 13.6 Å². The highest BCUT2D eigenvalue weighted by molar-refractivity contribution is 6.05. The molecule has 0 saturated carbocycles. The molecule has 2 aromatic rings. The third-order valence-electron chi connectivity index (χ3n) is 2.60. The first-order valence-corrected chi connectivity index (χ1v) is 5.57. The van der Waals surface area contributed by atoms with Crippen LogP contribution in [0.15, 0.2) is 36.4 Å². The van der Waals surface area contributed by atoms with Gasteiger partial charge in [-0.25, -0.2) is 8.78 Å². The number of hydrogen-bond acceptors (Lipinski definition) is 3. The van der Waals surface area contributed by atoms with Gasteiger partial charge in [-0.05, 0) is 30.3 Å². The molecular formula is C14H9F2N3O. The van der Waals surface area contributed by atoms with Crippen molar-refractivity contribution >= 4 is 17.3 Å². The summed E-state index contributed by atoms with van der Waals surface area (Å²) in [5.74, 6) is -2.38. The molecule has 0 aromatic heterocycles. The minimum absolute atomic E-state index is 0.204. The van der Waals surface area contributed by atoms with Gasteiger partial charge in [0.15, 0.2) is 5.82 Å². The molecule has 3 N–H and O–H groups in total. The molecule has 0 aliphatic carbocycles. The summed E-state index contributed by atoms with van der Waals surface area (Å²) in [5, 5.41) is 10.9. The lowest BCUT2D eigenvalue weighted by molar-refractivity contribution is 0.102. The standard InChI is InChI=1S/C14H9F2N3O/c15-10-5-11(16)13(12(18)6-10)19-14(20)9-3-1-8(7-17)2-4-9/h1-6H,18H2,(H,19,20). The van der Waals surface area contributed by atoms with Gasteiger partial charge in [0.25, 0.3) is 5.91 Å². The summed E-state index contributed by atoms with van der Waals surface area (Å²) in [7, 11) is 0. The van der Waals surface area contributed by atoms with E-state index in [0.717, 1.165) is 6.07 Å². The summed E-state index contributed by atoms with van der Waals surface area (Å²) in [5.41, 5.74) is 5.60. The van der Waals surface area contributed by atoms with Crippen molar-refractivity contribution in [3.63, 3.8) is 0 Å². The molecule has 6 heteroatoms. The Morgan fingerprint density at radius 1 is 1.20 bits per heavy atom. The Labute approximate surface area is 113 Å². The molecule has 0 aliphatic heterocycles. The molecular weight excluding hydrogens is 264 g/mol. The molecule has 2 rings (SSSR count). The second kappa shape index (κ2) is 5.36. The Morgan fingerprint density at radius 3 is 2.40 bits per heavy atom. The summed E-state index contributed by atoms with van der Waals surface area (Å²) in [6, 6.07) is 9.22. The van der Waals surface area contributed by atoms with Crippen molar-refractivity contribution in [2.24, 2.45) is 0 Å². The molecule has 0 saturated heterocycles. The number of nitriles is 1. The first-order valence-electron chi connectivity index (χ1n) is 5.57. The van der Waals surface area contributed by atoms with Gasteiger partial charge in [0.2, 0.25) is 0 Å². The predicted molar refractivity (Wildman–Crippen MR) is 69.9 cm³/mol. The number of anilines is 2. The maximum Gasteiger partial charge on any atom is 0.255 e. The van der Waals surface area contributed by atoms with Gasteiger partial charge < -0.3 is 11.1 Å². The monoisotopic (exact) mass is 273 g/mol. The SMILES string of the molecule is N#Cc1ccc(C(=O)Nc2c(N)cc(F)cc2F)cc1. The molecule has 1 amide bonds. The average Bonchev–Trinajstić information content (AvgIpc) is 2.42. The largest absolute Gasteiger partial charge is 0.397 e. The highest BCUT2D eigenvalue weighted by atomic mass is 19.1. The van der Waals surface area contributed by atoms with Crippen LogP contribution in [0.2, 0.25) is 0 Å². The highest BCUT2D eigenvalue weighted by Gasteiger charge is 2.13. The minimum atomic E-state index is -0.954. The number of nitrogens with two attached hydrogens (primary N) is 1. The van der Waals surface area contributed by atoms with Crippen LogP contribution in [-0.2, 0) is 0 Å². The van der Waals surface area contributed by atoms with E-state index in [4.69, 9.17) is 11.0 Å². The number of rotatable bonds is 2. The topological polar surface area (TPSA) is 78.9 Å². The molecule has 0 bridgehead atoms. The summed E-state index contributed by atoms with van der Waals surface area (Å²) in [4.78, 5) is 11.9. The van der Waals surface area contributed by atoms with E-state index in [1.807, 2.05) is 6.07 Å². The van der Waals surface area contributed by atoms with Gasteiger partial charge in [-0.15, -0.1) is 0 Å². The smallest absolute Gasteiger partial charge is 0.255 e. The van der Waals surface area contributed by atoms with Crippen LogP contribution < -0.4 is 11.1 Å². The van der Waals surface area contributed by atoms with Crippen LogP contribution in [0.25, 0.3) is 0 Å². The fourth-order valence-corrected chi connectivity index (χ4v) is 1.61. The zero-order valence-corrected chi connectivity index (χ0v) is 10.2. The van der Waals surface area contributed by atoms with Crippen molar-refractivity contribution in [1.82, 2.24) is 0 Å². The fraction of sp³-hybridized carbons (Fsp3) is 0. The number of amides is 1. The zero-order chi connectivity index (χ0) is 14.7. The van der Waals surface area contributed by atoms with Crippen LogP contribution in [0.4, 0.5) is 20.2 Å². The zero-order valence-electron chi connectivity index (χ0n) is 10.2. The normalized spacial score (nSPS) is 9.85. The summed E-state index contributed by atoms with van der Waals surface area (Å²) in [6.45, 7) is 0. The van der Waals surface area contributed by atoms with Crippen LogP contribution in [-0.4, -0.2) is 5.91 Å². The van der Waals surface area contributed by atoms with Gasteiger partial charge in [0.05, 0.1) is 17.3 Å². The van der Waals surface area contributed by atoms with Crippen molar-refractivity contribution in [2.45, 2.75) is 0 Å². The van der Waals surface area contributed by atoms with E-state index in [2.05, 4.69) is 5.32 Å². The fourth-order valence-electron chi connectivity index (χ4n) is 1.61. The third kappa shape index (κ3) is 2.72. The second-order valence-electron chi connectivity index (χ2n) is 4.00. The maximum absolute atomic E-state index is 13.5. The van der Waals surface area contributed by atoms with Gasteiger partial charge >= 0.3 is 0 Å². The van der Waals surface area contributed by atoms with E-state index in [-0.39, 0.29) is 16.9 Å². The molecule has 100 valence electrons. The van der Waals surface area contributed by atoms with E-state index >= 15 is 0 Å². The van der Waals surface area contributed by atoms with Gasteiger partial charge in [0, 0.05) is 11.6 Å². The number of carbonyl (C=O) groups is 1. The molecule has 0 heterocycles. The predicted octanol–water partition coefficient (Wildman–Crippen LogP) is 2.67. The van der Waals surface area contributed by atoms with Crippen molar-refractivity contribution in [2.75, 3.05) is 11.1 Å². The number of nitrogen functional groups attached to an aromatic ring is 1. The number of carbonyl (C=O) groups excluding carboxylic acids is 1. The Balaban J connectivity index is 2.26. The van der Waals surface area contributed by atoms with E-state index in [1.165, 1.54) is 24.3 Å². The molecule has 0 unspecified atom stereocenters. The lowest BCUT2D eigenvalue weighted by Gasteiger charge is -2.09. The van der Waals surface area contributed by atoms with Gasteiger partial charge in [-0.3, -0.25) is 4.79 Å². The first kappa shape index (κ1) is 13.5. The Bertz CT molecular complexity index is 682. The van der Waals surface area contributed by atoms with Gasteiger partial charge in [0.1, 0.15) is 11.5 Å². The first-order chi connectivity index (χ1) is 9.51. The molecule has 2 aromatic carbocycles. The van der Waals surface area contributed by atoms with Crippen molar-refractivity contribution in [3.8, 4) is 6.07 Å². The van der Waals surface area contributed by atoms with Crippen molar-refractivity contribution in [1.29, 1.82) is 5.26 Å². The second-order valence-corrected chi connectivity index (χ2v) is 4.00.